The lowest BCUT2D eigenvalue weighted by Crippen LogP contribution is -2.94. The van der Waals surface area contributed by atoms with Crippen LogP contribution >= 0.6 is 11.6 Å². The van der Waals surface area contributed by atoms with Crippen molar-refractivity contribution >= 4 is 29.2 Å². The average molecular weight is 341 g/mol. The second-order valence-corrected chi connectivity index (χ2v) is 6.18. The molecule has 0 aromatic heterocycles. The summed E-state index contributed by atoms with van der Waals surface area (Å²) in [6, 6.07) is 4.22. The maximum atomic E-state index is 12.1. The lowest BCUT2D eigenvalue weighted by atomic mass is 10.1. The lowest BCUT2D eigenvalue weighted by molar-refractivity contribution is -0.687. The molecule has 1 aromatic carbocycles. The highest BCUT2D eigenvalue weighted by molar-refractivity contribution is 6.31. The summed E-state index contributed by atoms with van der Waals surface area (Å²) >= 11 is 5.90. The van der Waals surface area contributed by atoms with Crippen molar-refractivity contribution in [2.75, 3.05) is 18.5 Å². The molecule has 1 heterocycles. The number of carboxylic acids is 1. The lowest BCUT2D eigenvalue weighted by Gasteiger charge is -2.18. The van der Waals surface area contributed by atoms with Gasteiger partial charge in [0.15, 0.2) is 0 Å². The first kappa shape index (κ1) is 17.7. The Morgan fingerprint density at radius 2 is 2.30 bits per heavy atom. The van der Waals surface area contributed by atoms with Gasteiger partial charge in [0.1, 0.15) is 18.7 Å². The highest BCUT2D eigenvalue weighted by Gasteiger charge is 2.23. The van der Waals surface area contributed by atoms with Crippen LogP contribution in [0.1, 0.15) is 24.8 Å². The van der Waals surface area contributed by atoms with E-state index in [1.807, 2.05) is 6.92 Å². The van der Waals surface area contributed by atoms with Gasteiger partial charge in [0.05, 0.1) is 12.4 Å². The van der Waals surface area contributed by atoms with E-state index in [1.54, 1.807) is 23.5 Å². The molecule has 23 heavy (non-hydrogen) atoms. The number of anilines is 1. The van der Waals surface area contributed by atoms with Gasteiger partial charge in [0, 0.05) is 17.3 Å². The molecule has 0 spiro atoms. The predicted octanol–water partition coefficient (Wildman–Crippen LogP) is -0.162. The van der Waals surface area contributed by atoms with Gasteiger partial charge >= 0.3 is 0 Å². The topological polar surface area (TPSA) is 95.1 Å². The van der Waals surface area contributed by atoms with E-state index in [0.717, 1.165) is 18.4 Å². The maximum Gasteiger partial charge on any atom is 0.230 e. The molecule has 2 atom stereocenters. The van der Waals surface area contributed by atoms with E-state index in [2.05, 4.69) is 5.32 Å². The largest absolute Gasteiger partial charge is 0.544 e. The zero-order chi connectivity index (χ0) is 16.8. The summed E-state index contributed by atoms with van der Waals surface area (Å²) in [6.07, 6.45) is 1.80. The molecule has 1 fully saturated rings. The van der Waals surface area contributed by atoms with Crippen LogP contribution in [0.4, 0.5) is 5.69 Å². The third kappa shape index (κ3) is 5.49. The first-order valence-corrected chi connectivity index (χ1v) is 8.05. The Morgan fingerprint density at radius 1 is 1.52 bits per heavy atom. The third-order valence-electron chi connectivity index (χ3n) is 3.89. The molecule has 0 radical (unpaired) electrons. The van der Waals surface area contributed by atoms with Crippen molar-refractivity contribution in [2.24, 2.45) is 0 Å². The van der Waals surface area contributed by atoms with Crippen LogP contribution in [0, 0.1) is 6.92 Å². The zero-order valence-electron chi connectivity index (χ0n) is 13.0. The number of hydrogen-bond donors (Lipinski definition) is 2. The number of rotatable bonds is 7. The molecule has 1 saturated heterocycles. The minimum atomic E-state index is -1.25. The van der Waals surface area contributed by atoms with Crippen molar-refractivity contribution in [2.45, 2.75) is 38.3 Å². The Labute approximate surface area is 140 Å². The molecule has 1 aromatic rings. The van der Waals surface area contributed by atoms with Crippen LogP contribution in [0.2, 0.25) is 5.02 Å². The number of nitrogens with two attached hydrogens (primary N) is 1. The van der Waals surface area contributed by atoms with Gasteiger partial charge in [-0.1, -0.05) is 17.7 Å². The molecule has 0 bridgehead atoms. The van der Waals surface area contributed by atoms with E-state index in [9.17, 15) is 14.7 Å². The summed E-state index contributed by atoms with van der Waals surface area (Å²) < 4.78 is 5.45. The van der Waals surface area contributed by atoms with Crippen LogP contribution in [0.5, 0.6) is 0 Å². The zero-order valence-corrected chi connectivity index (χ0v) is 13.8. The van der Waals surface area contributed by atoms with Gasteiger partial charge in [-0.3, -0.25) is 4.79 Å². The minimum Gasteiger partial charge on any atom is -0.544 e. The number of halogens is 1. The van der Waals surface area contributed by atoms with E-state index < -0.39 is 12.0 Å². The van der Waals surface area contributed by atoms with Crippen LogP contribution in [0.3, 0.4) is 0 Å². The van der Waals surface area contributed by atoms with Gasteiger partial charge in [-0.25, -0.2) is 0 Å². The van der Waals surface area contributed by atoms with Gasteiger partial charge in [0.2, 0.25) is 5.91 Å². The van der Waals surface area contributed by atoms with Crippen molar-refractivity contribution < 1.29 is 24.7 Å². The van der Waals surface area contributed by atoms with Gasteiger partial charge in [-0.15, -0.1) is 0 Å². The first-order chi connectivity index (χ1) is 11.0. The van der Waals surface area contributed by atoms with Gasteiger partial charge in [-0.05, 0) is 37.5 Å². The Kier molecular flexibility index (Phi) is 6.38. The fourth-order valence-corrected chi connectivity index (χ4v) is 2.71. The second kappa shape index (κ2) is 8.29. The molecular weight excluding hydrogens is 320 g/mol. The molecule has 6 nitrogen and oxygen atoms in total. The number of aliphatic carboxylic acids is 1. The van der Waals surface area contributed by atoms with Crippen molar-refractivity contribution in [3.63, 3.8) is 0 Å². The number of hydrogen-bond acceptors (Lipinski definition) is 4. The van der Waals surface area contributed by atoms with E-state index in [-0.39, 0.29) is 18.4 Å². The fourth-order valence-electron chi connectivity index (χ4n) is 2.54. The van der Waals surface area contributed by atoms with Crippen molar-refractivity contribution in [1.82, 2.24) is 0 Å². The molecule has 1 aliphatic rings. The Balaban J connectivity index is 1.89. The number of quaternary nitrogens is 1. The van der Waals surface area contributed by atoms with E-state index >= 15 is 0 Å². The molecule has 0 unspecified atom stereocenters. The summed E-state index contributed by atoms with van der Waals surface area (Å²) in [7, 11) is 0. The van der Waals surface area contributed by atoms with Crippen LogP contribution in [0.25, 0.3) is 0 Å². The summed E-state index contributed by atoms with van der Waals surface area (Å²) in [5, 5.41) is 16.0. The number of ether oxygens (including phenoxy) is 1. The predicted molar refractivity (Wildman–Crippen MR) is 84.0 cm³/mol. The fraction of sp³-hybridized carbons (Fsp3) is 0.500. The molecule has 2 rings (SSSR count). The van der Waals surface area contributed by atoms with E-state index in [0.29, 0.717) is 23.9 Å². The maximum absolute atomic E-state index is 12.1. The number of nitrogens with one attached hydrogen (secondary N) is 1. The summed E-state index contributed by atoms with van der Waals surface area (Å²) in [6.45, 7) is 3.07. The Hall–Kier alpha value is -1.63. The highest BCUT2D eigenvalue weighted by atomic mass is 35.5. The number of aryl methyl sites for hydroxylation is 1. The molecule has 1 amide bonds. The van der Waals surface area contributed by atoms with Gasteiger partial charge in [0.25, 0.3) is 0 Å². The first-order valence-electron chi connectivity index (χ1n) is 7.67. The molecule has 0 aliphatic carbocycles. The molecule has 1 aliphatic heterocycles. The van der Waals surface area contributed by atoms with E-state index in [1.165, 1.54) is 0 Å². The van der Waals surface area contributed by atoms with Crippen LogP contribution in [0.15, 0.2) is 18.2 Å². The molecule has 7 heteroatoms. The van der Waals surface area contributed by atoms with Crippen molar-refractivity contribution in [3.8, 4) is 0 Å². The quantitative estimate of drug-likeness (QED) is 0.721. The third-order valence-corrected chi connectivity index (χ3v) is 4.12. The number of amides is 1. The standard InChI is InChI=1S/C16H21ClN2O4/c1-10-4-5-11(17)7-13(10)19-15(20)8-14(16(21)22)18-9-12-3-2-6-23-12/h4-5,7,12,14,18H,2-3,6,8-9H2,1H3,(H,19,20)(H,21,22)/t12-,14+/m0/s1. The average Bonchev–Trinajstić information content (AvgIpc) is 3.00. The number of benzene rings is 1. The van der Waals surface area contributed by atoms with Crippen molar-refractivity contribution in [1.29, 1.82) is 0 Å². The SMILES string of the molecule is Cc1ccc(Cl)cc1NC(=O)C[C@@H]([NH2+]C[C@@H]1CCCO1)C(=O)[O-]. The minimum absolute atomic E-state index is 0.0510. The molecular formula is C16H21ClN2O4. The second-order valence-electron chi connectivity index (χ2n) is 5.74. The monoisotopic (exact) mass is 340 g/mol. The highest BCUT2D eigenvalue weighted by Crippen LogP contribution is 2.20. The van der Waals surface area contributed by atoms with E-state index in [4.69, 9.17) is 16.3 Å². The summed E-state index contributed by atoms with van der Waals surface area (Å²) in [5.74, 6) is -1.63. The van der Waals surface area contributed by atoms with Crippen molar-refractivity contribution in [3.05, 3.63) is 28.8 Å². The Morgan fingerprint density at radius 3 is 2.96 bits per heavy atom. The van der Waals surface area contributed by atoms with Gasteiger partial charge in [-0.2, -0.15) is 0 Å². The number of carboxylic acid groups (broad SMARTS) is 1. The normalized spacial score (nSPS) is 18.6. The van der Waals surface area contributed by atoms with Crippen LogP contribution < -0.4 is 15.7 Å². The number of carbonyl (C=O) groups is 2. The summed E-state index contributed by atoms with van der Waals surface area (Å²) in [5.41, 5.74) is 1.44. The molecule has 0 saturated carbocycles. The molecule has 3 N–H and O–H groups in total. The summed E-state index contributed by atoms with van der Waals surface area (Å²) in [4.78, 5) is 23.3. The molecule has 126 valence electrons. The van der Waals surface area contributed by atoms with Crippen LogP contribution in [-0.2, 0) is 14.3 Å². The number of carbonyl (C=O) groups excluding carboxylic acids is 2. The van der Waals surface area contributed by atoms with Gasteiger partial charge < -0.3 is 25.3 Å². The Bertz CT molecular complexity index is 573. The van der Waals surface area contributed by atoms with Crippen LogP contribution in [-0.4, -0.2) is 37.2 Å². The smallest absolute Gasteiger partial charge is 0.230 e.